The van der Waals surface area contributed by atoms with Crippen molar-refractivity contribution in [1.29, 1.82) is 0 Å². The summed E-state index contributed by atoms with van der Waals surface area (Å²) in [5.74, 6) is 0.0713. The number of pyridine rings is 1. The van der Waals surface area contributed by atoms with Gasteiger partial charge in [0.25, 0.3) is 0 Å². The Labute approximate surface area is 137 Å². The first-order valence-corrected chi connectivity index (χ1v) is 8.49. The summed E-state index contributed by atoms with van der Waals surface area (Å²) in [5, 5.41) is 8.83. The van der Waals surface area contributed by atoms with Crippen LogP contribution in [-0.2, 0) is 9.59 Å². The Morgan fingerprint density at radius 2 is 1.87 bits per heavy atom. The molecule has 0 aliphatic carbocycles. The summed E-state index contributed by atoms with van der Waals surface area (Å²) in [5.41, 5.74) is 1.94. The molecule has 2 aliphatic rings. The number of imide groups is 1. The van der Waals surface area contributed by atoms with Crippen molar-refractivity contribution in [2.24, 2.45) is 0 Å². The second-order valence-corrected chi connectivity index (χ2v) is 5.64. The number of carbonyl (C=O) groups excluding carboxylic acids is 2. The van der Waals surface area contributed by atoms with Gasteiger partial charge in [0.05, 0.1) is 11.9 Å². The lowest BCUT2D eigenvalue weighted by Crippen LogP contribution is -2.47. The summed E-state index contributed by atoms with van der Waals surface area (Å²) >= 11 is 0. The maximum absolute atomic E-state index is 11.7. The molecule has 0 saturated carbocycles. The quantitative estimate of drug-likeness (QED) is 0.740. The number of nitrogens with zero attached hydrogens (tertiary/aromatic N) is 1. The number of carbonyl (C=O) groups is 2. The molecule has 3 rings (SSSR count). The third-order valence-electron chi connectivity index (χ3n) is 4.12. The normalized spacial score (nSPS) is 21.9. The first-order valence-electron chi connectivity index (χ1n) is 8.49. The van der Waals surface area contributed by atoms with Crippen LogP contribution in [0.1, 0.15) is 51.1 Å². The number of hydrogen-bond donors (Lipinski definition) is 3. The summed E-state index contributed by atoms with van der Waals surface area (Å²) in [6.45, 7) is 6.09. The highest BCUT2D eigenvalue weighted by atomic mass is 16.2. The average Bonchev–Trinajstić information content (AvgIpc) is 2.61. The van der Waals surface area contributed by atoms with Crippen molar-refractivity contribution >= 4 is 17.5 Å². The number of aromatic nitrogens is 1. The second-order valence-electron chi connectivity index (χ2n) is 5.64. The van der Waals surface area contributed by atoms with Gasteiger partial charge in [-0.2, -0.15) is 0 Å². The van der Waals surface area contributed by atoms with Gasteiger partial charge in [-0.25, -0.2) is 0 Å². The van der Waals surface area contributed by atoms with Gasteiger partial charge in [-0.1, -0.05) is 13.8 Å². The molecule has 6 heteroatoms. The molecule has 23 heavy (non-hydrogen) atoms. The molecule has 6 nitrogen and oxygen atoms in total. The van der Waals surface area contributed by atoms with E-state index in [0.29, 0.717) is 18.8 Å². The summed E-state index contributed by atoms with van der Waals surface area (Å²) in [4.78, 5) is 27.3. The molecule has 2 aliphatic heterocycles. The first kappa shape index (κ1) is 17.4. The van der Waals surface area contributed by atoms with Crippen LogP contribution in [0.3, 0.4) is 0 Å². The molecule has 2 fully saturated rings. The zero-order valence-corrected chi connectivity index (χ0v) is 13.9. The molecule has 3 N–H and O–H groups in total. The van der Waals surface area contributed by atoms with Gasteiger partial charge < -0.3 is 10.6 Å². The van der Waals surface area contributed by atoms with E-state index >= 15 is 0 Å². The van der Waals surface area contributed by atoms with Crippen molar-refractivity contribution in [3.05, 3.63) is 24.0 Å². The van der Waals surface area contributed by atoms with Crippen molar-refractivity contribution in [2.75, 3.05) is 18.4 Å². The van der Waals surface area contributed by atoms with Crippen LogP contribution < -0.4 is 16.0 Å². The standard InChI is InChI=1S/C15H20N4O2.C2H6/c20-14-4-3-13(15(21)19-14)18-11-1-2-12(17-9-11)10-5-7-16-8-6-10;1-2/h1-2,9-10,13,16,18H,3-8H2,(H,19,20,21);1-2H3. The van der Waals surface area contributed by atoms with Crippen LogP contribution >= 0.6 is 0 Å². The van der Waals surface area contributed by atoms with Crippen LogP contribution in [-0.4, -0.2) is 35.9 Å². The summed E-state index contributed by atoms with van der Waals surface area (Å²) in [6.07, 6.45) is 4.92. The molecule has 1 aromatic heterocycles. The highest BCUT2D eigenvalue weighted by molar-refractivity contribution is 6.01. The van der Waals surface area contributed by atoms with E-state index in [1.54, 1.807) is 6.20 Å². The second kappa shape index (κ2) is 8.62. The molecule has 1 unspecified atom stereocenters. The zero-order valence-electron chi connectivity index (χ0n) is 13.9. The first-order chi connectivity index (χ1) is 11.2. The molecule has 3 heterocycles. The molecule has 126 valence electrons. The van der Waals surface area contributed by atoms with Gasteiger partial charge in [0.1, 0.15) is 6.04 Å². The SMILES string of the molecule is CC.O=C1CCC(Nc2ccc(C3CCNCC3)nc2)C(=O)N1. The predicted molar refractivity (Wildman–Crippen MR) is 90.2 cm³/mol. The molecule has 0 bridgehead atoms. The largest absolute Gasteiger partial charge is 0.372 e. The fraction of sp³-hybridized carbons (Fsp3) is 0.588. The van der Waals surface area contributed by atoms with Crippen LogP contribution in [0.2, 0.25) is 0 Å². The Kier molecular flexibility index (Phi) is 6.52. The Hall–Kier alpha value is -1.95. The molecule has 0 radical (unpaired) electrons. The maximum Gasteiger partial charge on any atom is 0.249 e. The number of anilines is 1. The van der Waals surface area contributed by atoms with Gasteiger partial charge in [0.2, 0.25) is 11.8 Å². The molecule has 1 atom stereocenters. The van der Waals surface area contributed by atoms with Crippen LogP contribution in [0.25, 0.3) is 0 Å². The predicted octanol–water partition coefficient (Wildman–Crippen LogP) is 1.79. The summed E-state index contributed by atoms with van der Waals surface area (Å²) in [6, 6.07) is 3.65. The van der Waals surface area contributed by atoms with Crippen molar-refractivity contribution in [2.45, 2.75) is 51.5 Å². The zero-order chi connectivity index (χ0) is 16.7. The van der Waals surface area contributed by atoms with Gasteiger partial charge in [-0.3, -0.25) is 19.9 Å². The minimum atomic E-state index is -0.353. The van der Waals surface area contributed by atoms with Gasteiger partial charge in [-0.15, -0.1) is 0 Å². The molecule has 0 aromatic carbocycles. The number of nitrogens with one attached hydrogen (secondary N) is 3. The summed E-state index contributed by atoms with van der Waals surface area (Å²) < 4.78 is 0. The van der Waals surface area contributed by atoms with Crippen molar-refractivity contribution < 1.29 is 9.59 Å². The number of amides is 2. The Balaban J connectivity index is 0.000000924. The highest BCUT2D eigenvalue weighted by Gasteiger charge is 2.26. The van der Waals surface area contributed by atoms with Gasteiger partial charge in [0, 0.05) is 18.0 Å². The highest BCUT2D eigenvalue weighted by Crippen LogP contribution is 2.24. The monoisotopic (exact) mass is 318 g/mol. The lowest BCUT2D eigenvalue weighted by Gasteiger charge is -2.24. The summed E-state index contributed by atoms with van der Waals surface area (Å²) in [7, 11) is 0. The van der Waals surface area contributed by atoms with E-state index in [1.165, 1.54) is 0 Å². The molecular weight excluding hydrogens is 292 g/mol. The Bertz CT molecular complexity index is 524. The Morgan fingerprint density at radius 1 is 1.13 bits per heavy atom. The maximum atomic E-state index is 11.7. The minimum absolute atomic E-state index is 0.197. The van der Waals surface area contributed by atoms with E-state index in [4.69, 9.17) is 0 Å². The van der Waals surface area contributed by atoms with E-state index < -0.39 is 0 Å². The fourth-order valence-electron chi connectivity index (χ4n) is 2.88. The third-order valence-corrected chi connectivity index (χ3v) is 4.12. The molecule has 2 amide bonds. The third kappa shape index (κ3) is 4.76. The molecule has 1 aromatic rings. The minimum Gasteiger partial charge on any atom is -0.372 e. The van der Waals surface area contributed by atoms with E-state index in [0.717, 1.165) is 37.3 Å². The number of piperidine rings is 2. The van der Waals surface area contributed by atoms with Gasteiger partial charge in [-0.05, 0) is 44.5 Å². The van der Waals surface area contributed by atoms with E-state index in [-0.39, 0.29) is 17.9 Å². The van der Waals surface area contributed by atoms with Crippen LogP contribution in [0.4, 0.5) is 5.69 Å². The van der Waals surface area contributed by atoms with Crippen molar-refractivity contribution in [3.8, 4) is 0 Å². The smallest absolute Gasteiger partial charge is 0.249 e. The molecule has 2 saturated heterocycles. The van der Waals surface area contributed by atoms with Crippen LogP contribution in [0.5, 0.6) is 0 Å². The number of rotatable bonds is 3. The topological polar surface area (TPSA) is 83.1 Å². The molecule has 0 spiro atoms. The lowest BCUT2D eigenvalue weighted by atomic mass is 9.94. The fourth-order valence-corrected chi connectivity index (χ4v) is 2.88. The number of hydrogen-bond acceptors (Lipinski definition) is 5. The van der Waals surface area contributed by atoms with E-state index in [2.05, 4.69) is 20.9 Å². The van der Waals surface area contributed by atoms with Gasteiger partial charge >= 0.3 is 0 Å². The van der Waals surface area contributed by atoms with E-state index in [9.17, 15) is 9.59 Å². The lowest BCUT2D eigenvalue weighted by molar-refractivity contribution is -0.133. The Morgan fingerprint density at radius 3 is 2.48 bits per heavy atom. The van der Waals surface area contributed by atoms with Gasteiger partial charge in [0.15, 0.2) is 0 Å². The molecular formula is C17H26N4O2. The van der Waals surface area contributed by atoms with Crippen LogP contribution in [0.15, 0.2) is 18.3 Å². The van der Waals surface area contributed by atoms with E-state index in [1.807, 2.05) is 26.0 Å². The average molecular weight is 318 g/mol. The van der Waals surface area contributed by atoms with Crippen molar-refractivity contribution in [3.63, 3.8) is 0 Å². The van der Waals surface area contributed by atoms with Crippen molar-refractivity contribution in [1.82, 2.24) is 15.6 Å². The van der Waals surface area contributed by atoms with Crippen LogP contribution in [0, 0.1) is 0 Å².